The van der Waals surface area contributed by atoms with E-state index < -0.39 is 11.8 Å². The fourth-order valence-electron chi connectivity index (χ4n) is 4.12. The second-order valence-corrected chi connectivity index (χ2v) is 9.83. The van der Waals surface area contributed by atoms with Crippen LogP contribution in [-0.4, -0.2) is 28.4 Å². The lowest BCUT2D eigenvalue weighted by Gasteiger charge is -2.19. The summed E-state index contributed by atoms with van der Waals surface area (Å²) in [5.74, 6) is 2.36. The van der Waals surface area contributed by atoms with Crippen molar-refractivity contribution in [3.05, 3.63) is 78.1 Å². The number of methoxy groups -OCH3 is 1. The molecule has 0 atom stereocenters. The van der Waals surface area contributed by atoms with E-state index in [1.54, 1.807) is 13.2 Å². The Labute approximate surface area is 212 Å². The molecular weight excluding hydrogens is 452 g/mol. The fourth-order valence-corrected chi connectivity index (χ4v) is 4.12. The van der Waals surface area contributed by atoms with Crippen molar-refractivity contribution in [2.75, 3.05) is 7.11 Å². The summed E-state index contributed by atoms with van der Waals surface area (Å²) in [4.78, 5) is 17.1. The second-order valence-electron chi connectivity index (χ2n) is 9.83. The molecule has 3 aromatic carbocycles. The molecule has 6 nitrogen and oxygen atoms in total. The lowest BCUT2D eigenvalue weighted by atomic mass is 10.0. The first-order chi connectivity index (χ1) is 17.3. The van der Waals surface area contributed by atoms with Gasteiger partial charge in [-0.1, -0.05) is 55.8 Å². The van der Waals surface area contributed by atoms with Gasteiger partial charge in [-0.3, -0.25) is 0 Å². The molecule has 0 aliphatic rings. The summed E-state index contributed by atoms with van der Waals surface area (Å²) in [7, 11) is 1.68. The molecule has 0 aliphatic heterocycles. The molecule has 0 spiro atoms. The molecule has 188 valence electrons. The number of aromatic nitrogens is 2. The van der Waals surface area contributed by atoms with Crippen molar-refractivity contribution < 1.29 is 19.0 Å². The molecule has 0 fully saturated rings. The van der Waals surface area contributed by atoms with Gasteiger partial charge < -0.3 is 18.8 Å². The van der Waals surface area contributed by atoms with Gasteiger partial charge in [0.1, 0.15) is 22.9 Å². The molecule has 6 heteroatoms. The summed E-state index contributed by atoms with van der Waals surface area (Å²) in [6.07, 6.45) is 2.43. The van der Waals surface area contributed by atoms with E-state index in [-0.39, 0.29) is 0 Å². The van der Waals surface area contributed by atoms with Crippen LogP contribution in [0.4, 0.5) is 4.79 Å². The molecule has 4 rings (SSSR count). The monoisotopic (exact) mass is 486 g/mol. The molecule has 0 amide bonds. The standard InChI is InChI=1S/C30H34N2O4/c1-6-7-12-28-31-25-19-23(34-5)17-18-26(25)32(28)20-21-13-15-22(16-14-21)24-10-8-9-11-27(24)35-29(33)36-30(2,3)4/h8-11,13-19H,6-7,12,20H2,1-5H3. The first-order valence-corrected chi connectivity index (χ1v) is 12.4. The number of nitrogens with zero attached hydrogens (tertiary/aromatic N) is 2. The van der Waals surface area contributed by atoms with Crippen LogP contribution in [0.3, 0.4) is 0 Å². The SMILES string of the molecule is CCCCc1nc2cc(OC)ccc2n1Cc1ccc(-c2ccccc2OC(=O)OC(C)(C)C)cc1. The maximum atomic E-state index is 12.2. The third kappa shape index (κ3) is 6.06. The van der Waals surface area contributed by atoms with E-state index in [1.807, 2.05) is 51.1 Å². The molecule has 0 saturated heterocycles. The van der Waals surface area contributed by atoms with Gasteiger partial charge in [0.05, 0.1) is 18.1 Å². The highest BCUT2D eigenvalue weighted by atomic mass is 16.7. The molecular formula is C30H34N2O4. The van der Waals surface area contributed by atoms with Gasteiger partial charge in [0.15, 0.2) is 0 Å². The zero-order valence-corrected chi connectivity index (χ0v) is 21.7. The molecule has 1 heterocycles. The lowest BCUT2D eigenvalue weighted by molar-refractivity contribution is 0.0207. The van der Waals surface area contributed by atoms with E-state index in [9.17, 15) is 4.79 Å². The van der Waals surface area contributed by atoms with Gasteiger partial charge in [0.2, 0.25) is 0 Å². The van der Waals surface area contributed by atoms with E-state index in [4.69, 9.17) is 19.2 Å². The lowest BCUT2D eigenvalue weighted by Crippen LogP contribution is -2.26. The molecule has 4 aromatic rings. The minimum atomic E-state index is -0.713. The first-order valence-electron chi connectivity index (χ1n) is 12.4. The predicted molar refractivity (Wildman–Crippen MR) is 143 cm³/mol. The number of benzene rings is 3. The average Bonchev–Trinajstić information content (AvgIpc) is 3.18. The van der Waals surface area contributed by atoms with E-state index in [0.717, 1.165) is 65.1 Å². The Morgan fingerprint density at radius 1 is 1.00 bits per heavy atom. The molecule has 0 aliphatic carbocycles. The van der Waals surface area contributed by atoms with Gasteiger partial charge in [0.25, 0.3) is 0 Å². The Kier molecular flexibility index (Phi) is 7.63. The molecule has 0 unspecified atom stereocenters. The number of hydrogen-bond donors (Lipinski definition) is 0. The summed E-state index contributed by atoms with van der Waals surface area (Å²) in [6.45, 7) is 8.35. The molecule has 36 heavy (non-hydrogen) atoms. The number of carbonyl (C=O) groups is 1. The summed E-state index contributed by atoms with van der Waals surface area (Å²) in [5.41, 5.74) is 4.39. The number of carbonyl (C=O) groups excluding carboxylic acids is 1. The molecule has 0 radical (unpaired) electrons. The zero-order valence-electron chi connectivity index (χ0n) is 21.7. The Hall–Kier alpha value is -3.80. The second kappa shape index (κ2) is 10.9. The highest BCUT2D eigenvalue weighted by molar-refractivity contribution is 5.78. The maximum absolute atomic E-state index is 12.2. The number of unbranched alkanes of at least 4 members (excludes halogenated alkanes) is 1. The van der Waals surface area contributed by atoms with Crippen LogP contribution in [0.1, 0.15) is 51.9 Å². The highest BCUT2D eigenvalue weighted by Crippen LogP contribution is 2.31. The number of hydrogen-bond acceptors (Lipinski definition) is 5. The first kappa shape index (κ1) is 25.3. The minimum Gasteiger partial charge on any atom is -0.497 e. The fraction of sp³-hybridized carbons (Fsp3) is 0.333. The summed E-state index contributed by atoms with van der Waals surface area (Å²) in [5, 5.41) is 0. The topological polar surface area (TPSA) is 62.6 Å². The highest BCUT2D eigenvalue weighted by Gasteiger charge is 2.19. The molecule has 0 bridgehead atoms. The minimum absolute atomic E-state index is 0.468. The Morgan fingerprint density at radius 2 is 1.75 bits per heavy atom. The van der Waals surface area contributed by atoms with Gasteiger partial charge in [-0.25, -0.2) is 9.78 Å². The van der Waals surface area contributed by atoms with Crippen molar-refractivity contribution in [2.45, 2.75) is 59.1 Å². The molecule has 1 aromatic heterocycles. The Balaban J connectivity index is 1.59. The van der Waals surface area contributed by atoms with E-state index in [0.29, 0.717) is 5.75 Å². The van der Waals surface area contributed by atoms with Crippen LogP contribution in [0.25, 0.3) is 22.2 Å². The largest absolute Gasteiger partial charge is 0.514 e. The van der Waals surface area contributed by atoms with E-state index in [2.05, 4.69) is 41.8 Å². The number of imidazole rings is 1. The van der Waals surface area contributed by atoms with Crippen LogP contribution in [0.15, 0.2) is 66.7 Å². The number of fused-ring (bicyclic) bond motifs is 1. The predicted octanol–water partition coefficient (Wildman–Crippen LogP) is 7.42. The van der Waals surface area contributed by atoms with Gasteiger partial charge in [-0.05, 0) is 56.5 Å². The third-order valence-corrected chi connectivity index (χ3v) is 5.86. The number of para-hydroxylation sites is 1. The van der Waals surface area contributed by atoms with Crippen LogP contribution in [0.2, 0.25) is 0 Å². The molecule has 0 N–H and O–H groups in total. The normalized spacial score (nSPS) is 11.5. The summed E-state index contributed by atoms with van der Waals surface area (Å²) < 4.78 is 18.5. The van der Waals surface area contributed by atoms with Crippen LogP contribution in [0, 0.1) is 0 Å². The van der Waals surface area contributed by atoms with Crippen molar-refractivity contribution in [3.8, 4) is 22.6 Å². The van der Waals surface area contributed by atoms with Gasteiger partial charge in [0, 0.05) is 24.6 Å². The van der Waals surface area contributed by atoms with E-state index in [1.165, 1.54) is 0 Å². The average molecular weight is 487 g/mol. The van der Waals surface area contributed by atoms with Crippen molar-refractivity contribution in [3.63, 3.8) is 0 Å². The number of aryl methyl sites for hydroxylation is 1. The van der Waals surface area contributed by atoms with Crippen LogP contribution in [-0.2, 0) is 17.7 Å². The summed E-state index contributed by atoms with van der Waals surface area (Å²) in [6, 6.07) is 21.9. The van der Waals surface area contributed by atoms with Crippen LogP contribution in [0.5, 0.6) is 11.5 Å². The van der Waals surface area contributed by atoms with Gasteiger partial charge >= 0.3 is 6.16 Å². The van der Waals surface area contributed by atoms with Crippen molar-refractivity contribution >= 4 is 17.2 Å². The van der Waals surface area contributed by atoms with Gasteiger partial charge in [-0.2, -0.15) is 0 Å². The smallest absolute Gasteiger partial charge is 0.497 e. The Bertz CT molecular complexity index is 1330. The van der Waals surface area contributed by atoms with Crippen LogP contribution >= 0.6 is 0 Å². The number of rotatable bonds is 8. The third-order valence-electron chi connectivity index (χ3n) is 5.86. The van der Waals surface area contributed by atoms with E-state index >= 15 is 0 Å². The van der Waals surface area contributed by atoms with Crippen molar-refractivity contribution in [1.82, 2.24) is 9.55 Å². The molecule has 0 saturated carbocycles. The summed E-state index contributed by atoms with van der Waals surface area (Å²) >= 11 is 0. The van der Waals surface area contributed by atoms with Gasteiger partial charge in [-0.15, -0.1) is 0 Å². The quantitative estimate of drug-likeness (QED) is 0.192. The van der Waals surface area contributed by atoms with Crippen LogP contribution < -0.4 is 9.47 Å². The zero-order chi connectivity index (χ0) is 25.7. The Morgan fingerprint density at radius 3 is 2.44 bits per heavy atom. The van der Waals surface area contributed by atoms with Crippen molar-refractivity contribution in [2.24, 2.45) is 0 Å². The maximum Gasteiger partial charge on any atom is 0.514 e. The number of ether oxygens (including phenoxy) is 3. The van der Waals surface area contributed by atoms with Crippen molar-refractivity contribution in [1.29, 1.82) is 0 Å².